The monoisotopic (exact) mass is 497 g/mol. The van der Waals surface area contributed by atoms with Gasteiger partial charge in [0, 0.05) is 11.1 Å². The quantitative estimate of drug-likeness (QED) is 0.259. The van der Waals surface area contributed by atoms with Crippen LogP contribution < -0.4 is 20.1 Å². The molecule has 2 aromatic carbocycles. The fourth-order valence-electron chi connectivity index (χ4n) is 3.52. The third kappa shape index (κ3) is 7.67. The van der Waals surface area contributed by atoms with Gasteiger partial charge in [0.2, 0.25) is 5.91 Å². The predicted octanol–water partition coefficient (Wildman–Crippen LogP) is 3.05. The normalized spacial score (nSPS) is 10.2. The second-order valence-electron chi connectivity index (χ2n) is 7.70. The second kappa shape index (κ2) is 13.6. The molecular formula is C26H31N3O7. The van der Waals surface area contributed by atoms with Gasteiger partial charge < -0.3 is 30.3 Å². The first kappa shape index (κ1) is 28.1. The van der Waals surface area contributed by atoms with E-state index in [0.29, 0.717) is 18.0 Å². The van der Waals surface area contributed by atoms with Gasteiger partial charge in [-0.25, -0.2) is 9.59 Å². The van der Waals surface area contributed by atoms with E-state index >= 15 is 0 Å². The number of amides is 1. The summed E-state index contributed by atoms with van der Waals surface area (Å²) >= 11 is 0. The number of nitrogens with one attached hydrogen (secondary N) is 2. The molecule has 0 aliphatic carbocycles. The Kier molecular flexibility index (Phi) is 10.6. The molecule has 36 heavy (non-hydrogen) atoms. The van der Waals surface area contributed by atoms with Gasteiger partial charge in [0.1, 0.15) is 0 Å². The first-order valence-electron chi connectivity index (χ1n) is 11.3. The minimum Gasteiger partial charge on any atom is -0.493 e. The Balaban J connectivity index is 0.000000678. The Morgan fingerprint density at radius 3 is 2.25 bits per heavy atom. The van der Waals surface area contributed by atoms with Gasteiger partial charge in [0.05, 0.1) is 32.0 Å². The van der Waals surface area contributed by atoms with Gasteiger partial charge in [0.25, 0.3) is 0 Å². The minimum atomic E-state index is -1.82. The van der Waals surface area contributed by atoms with Crippen molar-refractivity contribution < 1.29 is 34.1 Å². The Morgan fingerprint density at radius 1 is 0.972 bits per heavy atom. The number of methoxy groups -OCH3 is 2. The van der Waals surface area contributed by atoms with Gasteiger partial charge in [-0.05, 0) is 55.6 Å². The molecule has 0 atom stereocenters. The second-order valence-corrected chi connectivity index (χ2v) is 7.70. The molecule has 1 amide bonds. The fraction of sp³-hybridized carbons (Fsp3) is 0.308. The summed E-state index contributed by atoms with van der Waals surface area (Å²) in [5, 5.41) is 22.0. The lowest BCUT2D eigenvalue weighted by Gasteiger charge is -2.15. The summed E-state index contributed by atoms with van der Waals surface area (Å²) in [6.07, 6.45) is 1.61. The topological polar surface area (TPSA) is 147 Å². The summed E-state index contributed by atoms with van der Waals surface area (Å²) in [5.74, 6) is -2.30. The number of carboxylic acid groups (broad SMARTS) is 2. The molecule has 0 aliphatic rings. The van der Waals surface area contributed by atoms with Crippen molar-refractivity contribution in [2.45, 2.75) is 26.7 Å². The molecule has 0 spiro atoms. The Hall–Kier alpha value is -4.18. The number of para-hydroxylation sites is 1. The molecule has 192 valence electrons. The molecule has 0 aliphatic heterocycles. The summed E-state index contributed by atoms with van der Waals surface area (Å²) in [4.78, 5) is 35.5. The highest BCUT2D eigenvalue weighted by Gasteiger charge is 2.13. The Morgan fingerprint density at radius 2 is 1.64 bits per heavy atom. The standard InChI is InChI=1S/C24H29N3O3.C2H2O4/c1-5-19-16(2)24(18-8-6-7-9-20(18)26-19)27-23(28)15-25-13-12-17-10-11-21(29-3)22(14-17)30-4;3-1(4)2(5)6/h6-11,14,25H,5,12-13,15H2,1-4H3,(H,26,27,28);(H,3,4)(H,5,6). The van der Waals surface area contributed by atoms with Crippen LogP contribution in [0.1, 0.15) is 23.7 Å². The molecule has 10 nitrogen and oxygen atoms in total. The molecule has 0 unspecified atom stereocenters. The lowest BCUT2D eigenvalue weighted by Crippen LogP contribution is -2.30. The molecule has 3 rings (SSSR count). The van der Waals surface area contributed by atoms with E-state index in [1.165, 1.54) is 0 Å². The van der Waals surface area contributed by atoms with Crippen molar-refractivity contribution >= 4 is 34.4 Å². The number of aromatic nitrogens is 1. The molecule has 0 bridgehead atoms. The fourth-order valence-corrected chi connectivity index (χ4v) is 3.52. The van der Waals surface area contributed by atoms with E-state index in [-0.39, 0.29) is 12.5 Å². The van der Waals surface area contributed by atoms with Crippen LogP contribution >= 0.6 is 0 Å². The van der Waals surface area contributed by atoms with Crippen molar-refractivity contribution in [2.75, 3.05) is 32.6 Å². The number of benzene rings is 2. The van der Waals surface area contributed by atoms with Crippen LogP contribution in [0.5, 0.6) is 11.5 Å². The van der Waals surface area contributed by atoms with Crippen LogP contribution in [-0.2, 0) is 27.2 Å². The number of hydrogen-bond acceptors (Lipinski definition) is 7. The molecule has 0 radical (unpaired) electrons. The van der Waals surface area contributed by atoms with Gasteiger partial charge in [-0.1, -0.05) is 31.2 Å². The van der Waals surface area contributed by atoms with Crippen molar-refractivity contribution in [2.24, 2.45) is 0 Å². The smallest absolute Gasteiger partial charge is 0.414 e. The maximum atomic E-state index is 12.6. The Bertz CT molecular complexity index is 1220. The molecule has 0 saturated heterocycles. The van der Waals surface area contributed by atoms with Crippen LogP contribution in [0.15, 0.2) is 42.5 Å². The molecule has 10 heteroatoms. The predicted molar refractivity (Wildman–Crippen MR) is 136 cm³/mol. The molecule has 3 aromatic rings. The highest BCUT2D eigenvalue weighted by atomic mass is 16.5. The summed E-state index contributed by atoms with van der Waals surface area (Å²) in [7, 11) is 3.24. The van der Waals surface area contributed by atoms with Crippen molar-refractivity contribution in [3.63, 3.8) is 0 Å². The number of carboxylic acids is 2. The highest BCUT2D eigenvalue weighted by molar-refractivity contribution is 6.27. The number of pyridine rings is 1. The van der Waals surface area contributed by atoms with Crippen LogP contribution in [0.25, 0.3) is 10.9 Å². The summed E-state index contributed by atoms with van der Waals surface area (Å²) in [6, 6.07) is 13.8. The average molecular weight is 498 g/mol. The van der Waals surface area contributed by atoms with Gasteiger partial charge in [-0.15, -0.1) is 0 Å². The maximum Gasteiger partial charge on any atom is 0.414 e. The highest BCUT2D eigenvalue weighted by Crippen LogP contribution is 2.29. The maximum absolute atomic E-state index is 12.6. The number of hydrogen-bond donors (Lipinski definition) is 4. The third-order valence-corrected chi connectivity index (χ3v) is 5.34. The van der Waals surface area contributed by atoms with Crippen LogP contribution in [0, 0.1) is 6.92 Å². The van der Waals surface area contributed by atoms with E-state index in [4.69, 9.17) is 34.3 Å². The van der Waals surface area contributed by atoms with Crippen molar-refractivity contribution in [1.82, 2.24) is 10.3 Å². The lowest BCUT2D eigenvalue weighted by atomic mass is 10.1. The number of aliphatic carboxylic acids is 2. The molecular weight excluding hydrogens is 466 g/mol. The van der Waals surface area contributed by atoms with Crippen molar-refractivity contribution in [3.05, 3.63) is 59.3 Å². The zero-order chi connectivity index (χ0) is 26.7. The van der Waals surface area contributed by atoms with E-state index < -0.39 is 11.9 Å². The zero-order valence-electron chi connectivity index (χ0n) is 20.8. The van der Waals surface area contributed by atoms with E-state index in [2.05, 4.69) is 17.6 Å². The van der Waals surface area contributed by atoms with Gasteiger partial charge >= 0.3 is 11.9 Å². The third-order valence-electron chi connectivity index (χ3n) is 5.34. The Labute approximate surface area is 209 Å². The number of carbonyl (C=O) groups excluding carboxylic acids is 1. The van der Waals surface area contributed by atoms with E-state index in [1.54, 1.807) is 14.2 Å². The van der Waals surface area contributed by atoms with Crippen LogP contribution in [0.4, 0.5) is 5.69 Å². The largest absolute Gasteiger partial charge is 0.493 e. The molecule has 1 heterocycles. The van der Waals surface area contributed by atoms with Gasteiger partial charge in [-0.3, -0.25) is 9.78 Å². The lowest BCUT2D eigenvalue weighted by molar-refractivity contribution is -0.159. The molecule has 4 N–H and O–H groups in total. The first-order chi connectivity index (χ1) is 17.2. The van der Waals surface area contributed by atoms with E-state index in [9.17, 15) is 4.79 Å². The molecule has 0 saturated carbocycles. The summed E-state index contributed by atoms with van der Waals surface area (Å²) < 4.78 is 10.6. The van der Waals surface area contributed by atoms with E-state index in [0.717, 1.165) is 46.3 Å². The van der Waals surface area contributed by atoms with Gasteiger partial charge in [-0.2, -0.15) is 0 Å². The molecule has 1 aromatic heterocycles. The first-order valence-corrected chi connectivity index (χ1v) is 11.3. The summed E-state index contributed by atoms with van der Waals surface area (Å²) in [6.45, 7) is 5.01. The van der Waals surface area contributed by atoms with Crippen LogP contribution in [0.2, 0.25) is 0 Å². The van der Waals surface area contributed by atoms with Crippen molar-refractivity contribution in [3.8, 4) is 11.5 Å². The van der Waals surface area contributed by atoms with Gasteiger partial charge in [0.15, 0.2) is 11.5 Å². The van der Waals surface area contributed by atoms with Crippen LogP contribution in [-0.4, -0.2) is 60.4 Å². The number of rotatable bonds is 9. The number of anilines is 1. The van der Waals surface area contributed by atoms with E-state index in [1.807, 2.05) is 49.4 Å². The number of ether oxygens (including phenoxy) is 2. The average Bonchev–Trinajstić information content (AvgIpc) is 2.88. The van der Waals surface area contributed by atoms with Crippen molar-refractivity contribution in [1.29, 1.82) is 0 Å². The number of fused-ring (bicyclic) bond motifs is 1. The number of aryl methyl sites for hydroxylation is 1. The minimum absolute atomic E-state index is 0.0659. The zero-order valence-corrected chi connectivity index (χ0v) is 20.8. The number of nitrogens with zero attached hydrogens (tertiary/aromatic N) is 1. The SMILES string of the molecule is CCc1nc2ccccc2c(NC(=O)CNCCc2ccc(OC)c(OC)c2)c1C.O=C(O)C(=O)O. The number of carbonyl (C=O) groups is 3. The van der Waals surface area contributed by atoms with Crippen LogP contribution in [0.3, 0.4) is 0 Å². The molecule has 0 fully saturated rings. The summed E-state index contributed by atoms with van der Waals surface area (Å²) in [5.41, 5.74) is 4.89.